The van der Waals surface area contributed by atoms with Crippen LogP contribution < -0.4 is 0 Å². The summed E-state index contributed by atoms with van der Waals surface area (Å²) in [5.74, 6) is -0.972. The Hall–Kier alpha value is -1.96. The number of halogens is 4. The van der Waals surface area contributed by atoms with Crippen molar-refractivity contribution in [2.24, 2.45) is 5.92 Å². The van der Waals surface area contributed by atoms with E-state index in [2.05, 4.69) is 10.3 Å². The van der Waals surface area contributed by atoms with Gasteiger partial charge in [0, 0.05) is 24.6 Å². The number of alkyl halides is 3. The van der Waals surface area contributed by atoms with Gasteiger partial charge in [0.2, 0.25) is 0 Å². The van der Waals surface area contributed by atoms with Gasteiger partial charge in [0.25, 0.3) is 0 Å². The quantitative estimate of drug-likeness (QED) is 0.817. The lowest BCUT2D eigenvalue weighted by Crippen LogP contribution is -2.11. The van der Waals surface area contributed by atoms with Gasteiger partial charge in [0.1, 0.15) is 11.5 Å². The summed E-state index contributed by atoms with van der Waals surface area (Å²) >= 11 is 0. The second kappa shape index (κ2) is 5.68. The highest BCUT2D eigenvalue weighted by Crippen LogP contribution is 2.33. The standard InChI is InChI=1S/C14H13F4N3O/c15-12-2-1-10(5-11(12)14(16,17)18)13-7-21(20-19-13)6-9-3-4-22-8-9/h1-2,5,7,9H,3-4,6,8H2. The van der Waals surface area contributed by atoms with Crippen LogP contribution in [0, 0.1) is 11.7 Å². The average molecular weight is 315 g/mol. The lowest BCUT2D eigenvalue weighted by Gasteiger charge is -2.09. The molecule has 1 aromatic heterocycles. The summed E-state index contributed by atoms with van der Waals surface area (Å²) in [5.41, 5.74) is -0.837. The Balaban J connectivity index is 1.83. The molecule has 1 fully saturated rings. The van der Waals surface area contributed by atoms with Gasteiger partial charge in [0.15, 0.2) is 0 Å². The van der Waals surface area contributed by atoms with E-state index < -0.39 is 17.6 Å². The predicted molar refractivity (Wildman–Crippen MR) is 69.3 cm³/mol. The molecule has 1 unspecified atom stereocenters. The minimum absolute atomic E-state index is 0.183. The van der Waals surface area contributed by atoms with Crippen LogP contribution in [0.15, 0.2) is 24.4 Å². The van der Waals surface area contributed by atoms with E-state index in [1.807, 2.05) is 0 Å². The highest BCUT2D eigenvalue weighted by atomic mass is 19.4. The van der Waals surface area contributed by atoms with E-state index in [9.17, 15) is 17.6 Å². The molecule has 4 nitrogen and oxygen atoms in total. The molecule has 0 aliphatic carbocycles. The number of rotatable bonds is 3. The number of aromatic nitrogens is 3. The molecule has 1 aromatic carbocycles. The van der Waals surface area contributed by atoms with Crippen LogP contribution in [0.5, 0.6) is 0 Å². The molecule has 0 radical (unpaired) electrons. The van der Waals surface area contributed by atoms with Gasteiger partial charge < -0.3 is 4.74 Å². The van der Waals surface area contributed by atoms with Crippen molar-refractivity contribution in [2.75, 3.05) is 13.2 Å². The normalized spacial score (nSPS) is 18.8. The molecule has 2 heterocycles. The number of nitrogens with zero attached hydrogens (tertiary/aromatic N) is 3. The van der Waals surface area contributed by atoms with Gasteiger partial charge in [-0.05, 0) is 24.6 Å². The second-order valence-electron chi connectivity index (χ2n) is 5.25. The fourth-order valence-corrected chi connectivity index (χ4v) is 2.41. The number of benzene rings is 1. The fourth-order valence-electron chi connectivity index (χ4n) is 2.41. The van der Waals surface area contributed by atoms with E-state index in [1.165, 1.54) is 6.07 Å². The molecular weight excluding hydrogens is 302 g/mol. The molecule has 3 rings (SSSR count). The minimum Gasteiger partial charge on any atom is -0.381 e. The molecule has 22 heavy (non-hydrogen) atoms. The number of hydrogen-bond donors (Lipinski definition) is 0. The molecule has 1 aliphatic rings. The van der Waals surface area contributed by atoms with Crippen LogP contribution >= 0.6 is 0 Å². The topological polar surface area (TPSA) is 39.9 Å². The highest BCUT2D eigenvalue weighted by Gasteiger charge is 2.34. The third kappa shape index (κ3) is 3.11. The fraction of sp³-hybridized carbons (Fsp3) is 0.429. The molecule has 0 N–H and O–H groups in total. The van der Waals surface area contributed by atoms with Gasteiger partial charge in [-0.15, -0.1) is 5.10 Å². The van der Waals surface area contributed by atoms with Crippen molar-refractivity contribution >= 4 is 0 Å². The molecule has 1 saturated heterocycles. The summed E-state index contributed by atoms with van der Waals surface area (Å²) < 4.78 is 58.3. The van der Waals surface area contributed by atoms with Crippen LogP contribution in [0.4, 0.5) is 17.6 Å². The third-order valence-electron chi connectivity index (χ3n) is 3.58. The molecule has 1 atom stereocenters. The van der Waals surface area contributed by atoms with Crippen LogP contribution in [0.2, 0.25) is 0 Å². The van der Waals surface area contributed by atoms with E-state index in [0.29, 0.717) is 25.7 Å². The van der Waals surface area contributed by atoms with Crippen molar-refractivity contribution in [1.82, 2.24) is 15.0 Å². The smallest absolute Gasteiger partial charge is 0.381 e. The van der Waals surface area contributed by atoms with Crippen LogP contribution in [0.1, 0.15) is 12.0 Å². The second-order valence-corrected chi connectivity index (χ2v) is 5.25. The lowest BCUT2D eigenvalue weighted by molar-refractivity contribution is -0.139. The Morgan fingerprint density at radius 2 is 2.14 bits per heavy atom. The van der Waals surface area contributed by atoms with Crippen molar-refractivity contribution in [3.05, 3.63) is 35.8 Å². The van der Waals surface area contributed by atoms with Crippen LogP contribution in [0.25, 0.3) is 11.3 Å². The monoisotopic (exact) mass is 315 g/mol. The molecule has 1 aliphatic heterocycles. The van der Waals surface area contributed by atoms with Crippen LogP contribution in [0.3, 0.4) is 0 Å². The highest BCUT2D eigenvalue weighted by molar-refractivity contribution is 5.59. The van der Waals surface area contributed by atoms with Gasteiger partial charge in [-0.1, -0.05) is 5.21 Å². The molecule has 0 bridgehead atoms. The first-order valence-electron chi connectivity index (χ1n) is 6.78. The van der Waals surface area contributed by atoms with Crippen molar-refractivity contribution in [1.29, 1.82) is 0 Å². The first-order valence-corrected chi connectivity index (χ1v) is 6.78. The zero-order valence-corrected chi connectivity index (χ0v) is 11.5. The maximum atomic E-state index is 13.3. The Bertz CT molecular complexity index is 662. The minimum atomic E-state index is -4.74. The molecular formula is C14H13F4N3O. The molecule has 0 saturated carbocycles. The summed E-state index contributed by atoms with van der Waals surface area (Å²) in [6.45, 7) is 1.95. The summed E-state index contributed by atoms with van der Waals surface area (Å²) in [7, 11) is 0. The van der Waals surface area contributed by atoms with Gasteiger partial charge in [-0.2, -0.15) is 13.2 Å². The Morgan fingerprint density at radius 3 is 2.82 bits per heavy atom. The number of hydrogen-bond acceptors (Lipinski definition) is 3. The van der Waals surface area contributed by atoms with Crippen LogP contribution in [-0.2, 0) is 17.5 Å². The largest absolute Gasteiger partial charge is 0.419 e. The molecule has 0 amide bonds. The Kier molecular flexibility index (Phi) is 3.86. The van der Waals surface area contributed by atoms with Crippen molar-refractivity contribution < 1.29 is 22.3 Å². The number of ether oxygens (including phenoxy) is 1. The van der Waals surface area contributed by atoms with Crippen molar-refractivity contribution in [3.8, 4) is 11.3 Å². The Labute approximate surface area is 123 Å². The Morgan fingerprint density at radius 1 is 1.32 bits per heavy atom. The summed E-state index contributed by atoms with van der Waals surface area (Å²) in [5, 5.41) is 7.77. The van der Waals surface area contributed by atoms with Gasteiger partial charge in [-0.3, -0.25) is 4.68 Å². The molecule has 8 heteroatoms. The third-order valence-corrected chi connectivity index (χ3v) is 3.58. The van der Waals surface area contributed by atoms with Gasteiger partial charge in [0.05, 0.1) is 18.4 Å². The maximum absolute atomic E-state index is 13.3. The van der Waals surface area contributed by atoms with Gasteiger partial charge >= 0.3 is 6.18 Å². The van der Waals surface area contributed by atoms with E-state index in [0.717, 1.165) is 18.6 Å². The van der Waals surface area contributed by atoms with E-state index in [-0.39, 0.29) is 11.3 Å². The molecule has 0 spiro atoms. The summed E-state index contributed by atoms with van der Waals surface area (Å²) in [6, 6.07) is 2.81. The first kappa shape index (κ1) is 15.0. The van der Waals surface area contributed by atoms with Crippen LogP contribution in [-0.4, -0.2) is 28.2 Å². The van der Waals surface area contributed by atoms with Crippen molar-refractivity contribution in [2.45, 2.75) is 19.1 Å². The van der Waals surface area contributed by atoms with E-state index >= 15 is 0 Å². The predicted octanol–water partition coefficient (Wildman–Crippen LogP) is 3.14. The summed E-state index contributed by atoms with van der Waals surface area (Å²) in [4.78, 5) is 0. The van der Waals surface area contributed by atoms with E-state index in [1.54, 1.807) is 10.9 Å². The maximum Gasteiger partial charge on any atom is 0.419 e. The summed E-state index contributed by atoms with van der Waals surface area (Å²) in [6.07, 6.45) is -2.26. The lowest BCUT2D eigenvalue weighted by atomic mass is 10.1. The molecule has 118 valence electrons. The zero-order chi connectivity index (χ0) is 15.7. The SMILES string of the molecule is Fc1ccc(-c2cn(CC3CCOC3)nn2)cc1C(F)(F)F. The van der Waals surface area contributed by atoms with Crippen molar-refractivity contribution in [3.63, 3.8) is 0 Å². The average Bonchev–Trinajstić information content (AvgIpc) is 3.10. The van der Waals surface area contributed by atoms with Gasteiger partial charge in [-0.25, -0.2) is 4.39 Å². The zero-order valence-electron chi connectivity index (χ0n) is 11.5. The molecule has 2 aromatic rings. The van der Waals surface area contributed by atoms with E-state index in [4.69, 9.17) is 4.74 Å². The first-order chi connectivity index (χ1) is 10.4.